The summed E-state index contributed by atoms with van der Waals surface area (Å²) in [5.41, 5.74) is 7.37. The summed E-state index contributed by atoms with van der Waals surface area (Å²) in [7, 11) is 0. The summed E-state index contributed by atoms with van der Waals surface area (Å²) in [5, 5.41) is 0. The number of rotatable bonds is 3. The van der Waals surface area contributed by atoms with E-state index < -0.39 is 19.8 Å². The molecule has 0 N–H and O–H groups in total. The molecule has 0 radical (unpaired) electrons. The van der Waals surface area contributed by atoms with Crippen LogP contribution in [0.25, 0.3) is 6.08 Å². The number of allylic oxidation sites excluding steroid dienone is 5. The van der Waals surface area contributed by atoms with Gasteiger partial charge in [-0.15, -0.1) is 24.8 Å². The van der Waals surface area contributed by atoms with Gasteiger partial charge in [0.2, 0.25) is 0 Å². The number of benzene rings is 2. The van der Waals surface area contributed by atoms with E-state index in [9.17, 15) is 0 Å². The molecule has 27 heavy (non-hydrogen) atoms. The molecule has 0 heterocycles. The van der Waals surface area contributed by atoms with Crippen molar-refractivity contribution in [2.75, 3.05) is 0 Å². The number of halogens is 2. The Morgan fingerprint density at radius 2 is 1.59 bits per heavy atom. The SMILES string of the molecule is CC1=C(C)C[C]([Zr]([CH3])(=[CH]c2ccccc2)[CH]2C=Cc3ccccc32)=C1.Cl.Cl. The van der Waals surface area contributed by atoms with E-state index in [1.165, 1.54) is 28.7 Å². The van der Waals surface area contributed by atoms with Crippen molar-refractivity contribution < 1.29 is 19.8 Å². The van der Waals surface area contributed by atoms with Crippen LogP contribution < -0.4 is 0 Å². The molecular formula is C24H27Cl2Zr. The van der Waals surface area contributed by atoms with E-state index in [0.29, 0.717) is 3.63 Å². The third-order valence-electron chi connectivity index (χ3n) is 5.92. The summed E-state index contributed by atoms with van der Waals surface area (Å²) < 4.78 is 7.63. The van der Waals surface area contributed by atoms with Crippen LogP contribution in [0.5, 0.6) is 0 Å². The average molecular weight is 478 g/mol. The molecule has 0 spiro atoms. The number of hydrogen-bond donors (Lipinski definition) is 0. The fourth-order valence-electron chi connectivity index (χ4n) is 4.26. The molecule has 0 saturated heterocycles. The molecule has 0 aliphatic heterocycles. The van der Waals surface area contributed by atoms with Crippen LogP contribution in [0.15, 0.2) is 81.2 Å². The second kappa shape index (κ2) is 9.00. The monoisotopic (exact) mass is 475 g/mol. The van der Waals surface area contributed by atoms with Crippen LogP contribution in [0, 0.1) is 0 Å². The van der Waals surface area contributed by atoms with Gasteiger partial charge in [0.25, 0.3) is 0 Å². The minimum absolute atomic E-state index is 0. The van der Waals surface area contributed by atoms with Crippen molar-refractivity contribution in [2.45, 2.75) is 28.5 Å². The molecule has 0 nitrogen and oxygen atoms in total. The second-order valence-electron chi connectivity index (χ2n) is 7.61. The van der Waals surface area contributed by atoms with Crippen LogP contribution in [0.2, 0.25) is 4.63 Å². The van der Waals surface area contributed by atoms with Crippen molar-refractivity contribution in [3.8, 4) is 0 Å². The third kappa shape index (κ3) is 4.21. The van der Waals surface area contributed by atoms with Crippen LogP contribution in [-0.2, 0) is 19.8 Å². The molecule has 0 saturated carbocycles. The summed E-state index contributed by atoms with van der Waals surface area (Å²) in [6, 6.07) is 19.9. The zero-order valence-electron chi connectivity index (χ0n) is 16.1. The molecule has 2 atom stereocenters. The second-order valence-corrected chi connectivity index (χ2v) is 17.7. The molecule has 0 amide bonds. The third-order valence-corrected chi connectivity index (χ3v) is 16.8. The Hall–Kier alpha value is -1.01. The van der Waals surface area contributed by atoms with E-state index in [4.69, 9.17) is 0 Å². The largest absolute Gasteiger partial charge is 0.147 e. The topological polar surface area (TPSA) is 0 Å². The predicted molar refractivity (Wildman–Crippen MR) is 121 cm³/mol. The number of fused-ring (bicyclic) bond motifs is 1. The van der Waals surface area contributed by atoms with Gasteiger partial charge >= 0.3 is 156 Å². The minimum Gasteiger partial charge on any atom is -0.147 e. The Morgan fingerprint density at radius 3 is 2.26 bits per heavy atom. The maximum absolute atomic E-state index is 2.79. The van der Waals surface area contributed by atoms with Crippen LogP contribution in [0.4, 0.5) is 0 Å². The Labute approximate surface area is 179 Å². The van der Waals surface area contributed by atoms with Crippen molar-refractivity contribution in [3.63, 3.8) is 0 Å². The van der Waals surface area contributed by atoms with Gasteiger partial charge < -0.3 is 0 Å². The van der Waals surface area contributed by atoms with E-state index in [1.54, 1.807) is 8.85 Å². The van der Waals surface area contributed by atoms with Crippen molar-refractivity contribution >= 4 is 34.6 Å². The van der Waals surface area contributed by atoms with Gasteiger partial charge in [-0.05, 0) is 0 Å². The van der Waals surface area contributed by atoms with E-state index in [2.05, 4.69) is 95.0 Å². The Morgan fingerprint density at radius 1 is 0.926 bits per heavy atom. The first kappa shape index (κ1) is 22.3. The van der Waals surface area contributed by atoms with Crippen molar-refractivity contribution in [1.29, 1.82) is 0 Å². The first-order valence-electron chi connectivity index (χ1n) is 9.13. The van der Waals surface area contributed by atoms with E-state index in [0.717, 1.165) is 0 Å². The van der Waals surface area contributed by atoms with Gasteiger partial charge in [-0.2, -0.15) is 0 Å². The molecule has 3 heteroatoms. The zero-order chi connectivity index (χ0) is 17.4. The Balaban J connectivity index is 0.00000131. The summed E-state index contributed by atoms with van der Waals surface area (Å²) >= 11 is -2.79. The maximum Gasteiger partial charge on any atom is -0.147 e. The predicted octanol–water partition coefficient (Wildman–Crippen LogP) is 7.27. The molecular weight excluding hydrogens is 450 g/mol. The fraction of sp³-hybridized carbons (Fsp3) is 0.208. The van der Waals surface area contributed by atoms with Crippen LogP contribution in [0.1, 0.15) is 40.6 Å². The van der Waals surface area contributed by atoms with Gasteiger partial charge in [-0.3, -0.25) is 0 Å². The standard InChI is InChI=1S/C9H7.C7H9.C7H6.CH3.2ClH.Zr/c1-2-5-9-7-3-6-8(9)4-1;1-6-4-3-5-7(6)2;1-7-5-3-2-4-6-7;;;;/h1-7H;4H,5H2,1-2H3;1-6H;1H3;2*1H;. The van der Waals surface area contributed by atoms with Crippen molar-refractivity contribution in [1.82, 2.24) is 0 Å². The normalized spacial score (nSPS) is 19.5. The number of hydrogen-bond acceptors (Lipinski definition) is 0. The van der Waals surface area contributed by atoms with E-state index >= 15 is 0 Å². The summed E-state index contributed by atoms with van der Waals surface area (Å²) in [4.78, 5) is 0. The van der Waals surface area contributed by atoms with Gasteiger partial charge in [-0.1, -0.05) is 0 Å². The first-order valence-corrected chi connectivity index (χ1v) is 15.7. The van der Waals surface area contributed by atoms with Crippen LogP contribution in [0.3, 0.4) is 0 Å². The van der Waals surface area contributed by atoms with E-state index in [1.807, 2.05) is 0 Å². The van der Waals surface area contributed by atoms with E-state index in [-0.39, 0.29) is 24.8 Å². The molecule has 2 aromatic carbocycles. The van der Waals surface area contributed by atoms with Gasteiger partial charge in [-0.25, -0.2) is 0 Å². The molecule has 0 fully saturated rings. The van der Waals surface area contributed by atoms with Gasteiger partial charge in [0, 0.05) is 0 Å². The minimum atomic E-state index is -2.79. The summed E-state index contributed by atoms with van der Waals surface area (Å²) in [6.45, 7) is 4.57. The maximum atomic E-state index is 2.68. The molecule has 2 unspecified atom stereocenters. The molecule has 2 aromatic rings. The van der Waals surface area contributed by atoms with Gasteiger partial charge in [0.05, 0.1) is 0 Å². The fourth-order valence-corrected chi connectivity index (χ4v) is 14.6. The molecule has 4 rings (SSSR count). The summed E-state index contributed by atoms with van der Waals surface area (Å²) in [6.07, 6.45) is 8.52. The van der Waals surface area contributed by atoms with Crippen LogP contribution in [-0.4, -0.2) is 3.71 Å². The average Bonchev–Trinajstić information content (AvgIpc) is 3.20. The van der Waals surface area contributed by atoms with Gasteiger partial charge in [0.1, 0.15) is 0 Å². The summed E-state index contributed by atoms with van der Waals surface area (Å²) in [5.74, 6) is 0. The van der Waals surface area contributed by atoms with Crippen molar-refractivity contribution in [2.24, 2.45) is 0 Å². The van der Waals surface area contributed by atoms with Crippen molar-refractivity contribution in [3.05, 3.63) is 97.9 Å². The molecule has 2 aliphatic rings. The first-order chi connectivity index (χ1) is 12.1. The zero-order valence-corrected chi connectivity index (χ0v) is 20.2. The smallest absolute Gasteiger partial charge is 0.147 e. The molecule has 2 aliphatic carbocycles. The Kier molecular flexibility index (Phi) is 7.42. The molecule has 0 bridgehead atoms. The molecule has 0 aromatic heterocycles. The van der Waals surface area contributed by atoms with Gasteiger partial charge in [0.15, 0.2) is 0 Å². The molecule has 141 valence electrons. The van der Waals surface area contributed by atoms with Crippen LogP contribution >= 0.6 is 24.8 Å². The quantitative estimate of drug-likeness (QED) is 0.436. The Bertz CT molecular complexity index is 965.